The predicted molar refractivity (Wildman–Crippen MR) is 93.5 cm³/mol. The minimum atomic E-state index is -0.527. The van der Waals surface area contributed by atoms with E-state index in [9.17, 15) is 9.90 Å². The van der Waals surface area contributed by atoms with E-state index in [0.29, 0.717) is 16.4 Å². The van der Waals surface area contributed by atoms with Gasteiger partial charge in [0.25, 0.3) is 5.91 Å². The van der Waals surface area contributed by atoms with E-state index in [1.54, 1.807) is 23.0 Å². The fourth-order valence-electron chi connectivity index (χ4n) is 3.25. The van der Waals surface area contributed by atoms with Gasteiger partial charge in [-0.1, -0.05) is 18.5 Å². The maximum atomic E-state index is 11.8. The van der Waals surface area contributed by atoms with Crippen LogP contribution in [0.3, 0.4) is 0 Å². The zero-order valence-corrected chi connectivity index (χ0v) is 14.2. The molecule has 1 aliphatic rings. The van der Waals surface area contributed by atoms with E-state index in [-0.39, 0.29) is 18.1 Å². The Hall–Kier alpha value is -2.05. The van der Waals surface area contributed by atoms with Crippen LogP contribution in [-0.2, 0) is 0 Å². The van der Waals surface area contributed by atoms with Gasteiger partial charge in [-0.2, -0.15) is 5.10 Å². The molecule has 4 N–H and O–H groups in total. The van der Waals surface area contributed by atoms with Crippen LogP contribution in [0.2, 0.25) is 5.02 Å². The van der Waals surface area contributed by atoms with Crippen LogP contribution in [0.25, 0.3) is 0 Å². The first kappa shape index (κ1) is 16.8. The lowest BCUT2D eigenvalue weighted by atomic mass is 9.84. The van der Waals surface area contributed by atoms with Crippen molar-refractivity contribution < 1.29 is 9.90 Å². The highest BCUT2D eigenvalue weighted by Crippen LogP contribution is 2.34. The van der Waals surface area contributed by atoms with Gasteiger partial charge >= 0.3 is 0 Å². The summed E-state index contributed by atoms with van der Waals surface area (Å²) in [6.07, 6.45) is 3.73. The van der Waals surface area contributed by atoms with Crippen molar-refractivity contribution in [2.45, 2.75) is 38.3 Å². The number of aromatic nitrogens is 2. The van der Waals surface area contributed by atoms with Gasteiger partial charge in [-0.25, -0.2) is 0 Å². The Morgan fingerprint density at radius 3 is 2.71 bits per heavy atom. The number of amides is 1. The third kappa shape index (κ3) is 3.55. The highest BCUT2D eigenvalue weighted by molar-refractivity contribution is 6.30. The number of hydrogen-bond acceptors (Lipinski definition) is 4. The number of benzene rings is 1. The zero-order chi connectivity index (χ0) is 17.3. The standard InChI is InChI=1S/C17H21ClN4O2/c1-10-8-13(23)6-7-15(10)22-9-14(16(19)24)17(21-22)20-12-4-2-11(18)3-5-12/h2-5,9-10,13,15,23H,6-8H2,1H3,(H2,19,24)(H,20,21)/t10-,13-,15-/m0/s1. The van der Waals surface area contributed by atoms with Crippen LogP contribution >= 0.6 is 11.6 Å². The van der Waals surface area contributed by atoms with Gasteiger partial charge in [0.05, 0.1) is 12.1 Å². The number of nitrogens with one attached hydrogen (secondary N) is 1. The molecule has 0 aliphatic heterocycles. The maximum Gasteiger partial charge on any atom is 0.254 e. The summed E-state index contributed by atoms with van der Waals surface area (Å²) in [4.78, 5) is 11.8. The third-order valence-corrected chi connectivity index (χ3v) is 4.79. The van der Waals surface area contributed by atoms with Crippen molar-refractivity contribution in [3.8, 4) is 0 Å². The third-order valence-electron chi connectivity index (χ3n) is 4.54. The lowest BCUT2D eigenvalue weighted by Gasteiger charge is -2.31. The van der Waals surface area contributed by atoms with Crippen molar-refractivity contribution in [3.63, 3.8) is 0 Å². The first-order chi connectivity index (χ1) is 11.4. The van der Waals surface area contributed by atoms with Crippen molar-refractivity contribution in [1.82, 2.24) is 9.78 Å². The van der Waals surface area contributed by atoms with Crippen LogP contribution in [0.1, 0.15) is 42.6 Å². The SMILES string of the molecule is C[C@H]1C[C@@H](O)CC[C@@H]1n1cc(C(N)=O)c(Nc2ccc(Cl)cc2)n1. The van der Waals surface area contributed by atoms with Gasteiger partial charge < -0.3 is 16.2 Å². The Labute approximate surface area is 145 Å². The second kappa shape index (κ2) is 6.83. The lowest BCUT2D eigenvalue weighted by Crippen LogP contribution is -2.28. The summed E-state index contributed by atoms with van der Waals surface area (Å²) in [5.41, 5.74) is 6.63. The average molecular weight is 349 g/mol. The van der Waals surface area contributed by atoms with Gasteiger partial charge in [0.15, 0.2) is 5.82 Å². The van der Waals surface area contributed by atoms with Crippen LogP contribution in [0.5, 0.6) is 0 Å². The maximum absolute atomic E-state index is 11.8. The number of aliphatic hydroxyl groups is 1. The molecule has 24 heavy (non-hydrogen) atoms. The molecule has 1 aromatic heterocycles. The number of nitrogens with two attached hydrogens (primary N) is 1. The summed E-state index contributed by atoms with van der Waals surface area (Å²) >= 11 is 5.89. The molecule has 128 valence electrons. The van der Waals surface area contributed by atoms with Crippen LogP contribution in [0, 0.1) is 5.92 Å². The molecule has 1 aliphatic carbocycles. The highest BCUT2D eigenvalue weighted by Gasteiger charge is 2.29. The summed E-state index contributed by atoms with van der Waals surface area (Å²) in [6, 6.07) is 7.29. The van der Waals surface area contributed by atoms with E-state index in [1.165, 1.54) is 0 Å². The number of anilines is 2. The fourth-order valence-corrected chi connectivity index (χ4v) is 3.37. The Morgan fingerprint density at radius 2 is 2.08 bits per heavy atom. The van der Waals surface area contributed by atoms with Crippen molar-refractivity contribution in [3.05, 3.63) is 41.0 Å². The summed E-state index contributed by atoms with van der Waals surface area (Å²) in [6.45, 7) is 2.09. The number of aliphatic hydroxyl groups excluding tert-OH is 1. The first-order valence-electron chi connectivity index (χ1n) is 8.03. The second-order valence-corrected chi connectivity index (χ2v) is 6.82. The fraction of sp³-hybridized carbons (Fsp3) is 0.412. The minimum Gasteiger partial charge on any atom is -0.393 e. The summed E-state index contributed by atoms with van der Waals surface area (Å²) < 4.78 is 1.80. The van der Waals surface area contributed by atoms with E-state index < -0.39 is 5.91 Å². The van der Waals surface area contributed by atoms with Crippen LogP contribution < -0.4 is 11.1 Å². The largest absolute Gasteiger partial charge is 0.393 e. The van der Waals surface area contributed by atoms with E-state index in [4.69, 9.17) is 17.3 Å². The molecule has 0 unspecified atom stereocenters. The summed E-state index contributed by atoms with van der Waals surface area (Å²) in [5, 5.41) is 18.1. The van der Waals surface area contributed by atoms with Gasteiger partial charge in [-0.05, 0) is 49.4 Å². The number of carbonyl (C=O) groups excluding carboxylic acids is 1. The summed E-state index contributed by atoms with van der Waals surface area (Å²) in [7, 11) is 0. The van der Waals surface area contributed by atoms with Crippen molar-refractivity contribution in [2.24, 2.45) is 11.7 Å². The predicted octanol–water partition coefficient (Wildman–Crippen LogP) is 3.10. The van der Waals surface area contributed by atoms with E-state index in [0.717, 1.165) is 24.9 Å². The number of halogens is 1. The summed E-state index contributed by atoms with van der Waals surface area (Å²) in [5.74, 6) is 0.183. The molecule has 1 aromatic carbocycles. The van der Waals surface area contributed by atoms with Crippen LogP contribution in [-0.4, -0.2) is 26.9 Å². The zero-order valence-electron chi connectivity index (χ0n) is 13.4. The average Bonchev–Trinajstić information content (AvgIpc) is 2.93. The second-order valence-electron chi connectivity index (χ2n) is 6.38. The molecule has 3 rings (SSSR count). The quantitative estimate of drug-likeness (QED) is 0.791. The monoisotopic (exact) mass is 348 g/mol. The van der Waals surface area contributed by atoms with Gasteiger partial charge in [0.2, 0.25) is 0 Å². The molecule has 0 radical (unpaired) electrons. The smallest absolute Gasteiger partial charge is 0.254 e. The van der Waals surface area contributed by atoms with E-state index in [2.05, 4.69) is 17.3 Å². The molecule has 6 nitrogen and oxygen atoms in total. The Kier molecular flexibility index (Phi) is 4.78. The molecule has 2 aromatic rings. The van der Waals surface area contributed by atoms with Gasteiger partial charge in [-0.15, -0.1) is 0 Å². The molecule has 1 amide bonds. The van der Waals surface area contributed by atoms with E-state index >= 15 is 0 Å². The van der Waals surface area contributed by atoms with Crippen molar-refractivity contribution in [2.75, 3.05) is 5.32 Å². The minimum absolute atomic E-state index is 0.146. The Balaban J connectivity index is 1.87. The lowest BCUT2D eigenvalue weighted by molar-refractivity contribution is 0.0748. The molecule has 0 saturated heterocycles. The number of primary amides is 1. The normalized spacial score (nSPS) is 23.9. The highest BCUT2D eigenvalue weighted by atomic mass is 35.5. The molecule has 1 saturated carbocycles. The Bertz CT molecular complexity index is 729. The van der Waals surface area contributed by atoms with Gasteiger partial charge in [0.1, 0.15) is 5.56 Å². The molecule has 0 bridgehead atoms. The van der Waals surface area contributed by atoms with Crippen molar-refractivity contribution in [1.29, 1.82) is 0 Å². The first-order valence-corrected chi connectivity index (χ1v) is 8.41. The van der Waals surface area contributed by atoms with Crippen LogP contribution in [0.4, 0.5) is 11.5 Å². The molecule has 1 heterocycles. The molecule has 1 fully saturated rings. The number of carbonyl (C=O) groups is 1. The molecule has 3 atom stereocenters. The molecule has 0 spiro atoms. The topological polar surface area (TPSA) is 93.2 Å². The number of hydrogen-bond donors (Lipinski definition) is 3. The van der Waals surface area contributed by atoms with Crippen molar-refractivity contribution >= 4 is 29.0 Å². The van der Waals surface area contributed by atoms with Gasteiger partial charge in [0, 0.05) is 16.9 Å². The Morgan fingerprint density at radius 1 is 1.38 bits per heavy atom. The number of nitrogens with zero attached hydrogens (tertiary/aromatic N) is 2. The molecular weight excluding hydrogens is 328 g/mol. The number of rotatable bonds is 4. The van der Waals surface area contributed by atoms with E-state index in [1.807, 2.05) is 12.1 Å². The molecular formula is C17H21ClN4O2. The van der Waals surface area contributed by atoms with Crippen LogP contribution in [0.15, 0.2) is 30.5 Å². The van der Waals surface area contributed by atoms with Gasteiger partial charge in [-0.3, -0.25) is 9.48 Å². The molecule has 7 heteroatoms.